The number of hydrogen-bond donors (Lipinski definition) is 0. The quantitative estimate of drug-likeness (QED) is 0.736. The second-order valence-corrected chi connectivity index (χ2v) is 7.49. The van der Waals surface area contributed by atoms with Crippen molar-refractivity contribution < 1.29 is 0 Å². The molecular formula is C22H27N. The van der Waals surface area contributed by atoms with Gasteiger partial charge in [-0.25, -0.2) is 0 Å². The van der Waals surface area contributed by atoms with Crippen LogP contribution in [0.3, 0.4) is 0 Å². The molecule has 0 radical (unpaired) electrons. The van der Waals surface area contributed by atoms with E-state index >= 15 is 0 Å². The molecule has 2 atom stereocenters. The first-order valence-corrected chi connectivity index (χ1v) is 9.02. The van der Waals surface area contributed by atoms with Gasteiger partial charge in [0.05, 0.1) is 11.1 Å². The van der Waals surface area contributed by atoms with Crippen LogP contribution in [0, 0.1) is 0 Å². The van der Waals surface area contributed by atoms with Crippen molar-refractivity contribution in [2.24, 2.45) is 0 Å². The molecule has 1 heteroatoms. The average Bonchev–Trinajstić information content (AvgIpc) is 2.94. The Hall–Kier alpha value is -1.60. The van der Waals surface area contributed by atoms with Gasteiger partial charge < -0.3 is 0 Å². The van der Waals surface area contributed by atoms with E-state index in [0.717, 1.165) is 12.8 Å². The second-order valence-electron chi connectivity index (χ2n) is 7.49. The highest BCUT2D eigenvalue weighted by atomic mass is 15.3. The molecule has 2 aliphatic rings. The first-order valence-electron chi connectivity index (χ1n) is 9.02. The molecule has 2 aromatic rings. The molecule has 1 nitrogen and oxygen atoms in total. The van der Waals surface area contributed by atoms with Gasteiger partial charge in [0.15, 0.2) is 0 Å². The molecular weight excluding hydrogens is 278 g/mol. The molecule has 0 aliphatic carbocycles. The maximum Gasteiger partial charge on any atom is 0.0727 e. The average molecular weight is 305 g/mol. The van der Waals surface area contributed by atoms with Gasteiger partial charge in [0.1, 0.15) is 0 Å². The molecule has 0 fully saturated rings. The third-order valence-corrected chi connectivity index (χ3v) is 6.59. The van der Waals surface area contributed by atoms with E-state index in [1.807, 2.05) is 0 Å². The third kappa shape index (κ3) is 1.48. The summed E-state index contributed by atoms with van der Waals surface area (Å²) in [7, 11) is 2.34. The van der Waals surface area contributed by atoms with Crippen LogP contribution in [-0.4, -0.2) is 11.9 Å². The summed E-state index contributed by atoms with van der Waals surface area (Å²) in [5, 5.41) is 0. The standard InChI is InChI=1S/C22H27N/c1-6-21-17-10-8-9-11-18(17)22(7-2,23(21)5)20-14-16(15(3)4)12-13-19(20)21/h8-15H,6-7H2,1-5H3. The topological polar surface area (TPSA) is 3.24 Å². The zero-order valence-corrected chi connectivity index (χ0v) is 15.0. The van der Waals surface area contributed by atoms with Crippen LogP contribution in [0.5, 0.6) is 0 Å². The van der Waals surface area contributed by atoms with Gasteiger partial charge in [0.2, 0.25) is 0 Å². The van der Waals surface area contributed by atoms with Gasteiger partial charge in [-0.05, 0) is 53.6 Å². The SMILES string of the molecule is CCC12c3ccccc3C(CC)(c3cc(C(C)C)ccc31)N2C. The lowest BCUT2D eigenvalue weighted by Crippen LogP contribution is -2.42. The summed E-state index contributed by atoms with van der Waals surface area (Å²) in [6.07, 6.45) is 2.24. The maximum atomic E-state index is 2.67. The van der Waals surface area contributed by atoms with E-state index < -0.39 is 0 Å². The van der Waals surface area contributed by atoms with Gasteiger partial charge in [-0.3, -0.25) is 4.90 Å². The summed E-state index contributed by atoms with van der Waals surface area (Å²) in [5.74, 6) is 0.575. The number of fused-ring (bicyclic) bond motifs is 8. The Bertz CT molecular complexity index is 775. The van der Waals surface area contributed by atoms with Gasteiger partial charge in [-0.15, -0.1) is 0 Å². The van der Waals surface area contributed by atoms with Gasteiger partial charge >= 0.3 is 0 Å². The summed E-state index contributed by atoms with van der Waals surface area (Å²) in [4.78, 5) is 2.67. The zero-order valence-electron chi connectivity index (χ0n) is 15.0. The highest BCUT2D eigenvalue weighted by Crippen LogP contribution is 2.64. The van der Waals surface area contributed by atoms with E-state index in [1.165, 1.54) is 22.3 Å². The molecule has 4 rings (SSSR count). The predicted molar refractivity (Wildman–Crippen MR) is 96.9 cm³/mol. The van der Waals surface area contributed by atoms with Crippen LogP contribution in [0.4, 0.5) is 0 Å². The fourth-order valence-electron chi connectivity index (χ4n) is 5.40. The molecule has 0 amide bonds. The summed E-state index contributed by atoms with van der Waals surface area (Å²) < 4.78 is 0. The Balaban J connectivity index is 2.10. The Morgan fingerprint density at radius 3 is 1.87 bits per heavy atom. The maximum absolute atomic E-state index is 2.67. The lowest BCUT2D eigenvalue weighted by molar-refractivity contribution is 0.103. The molecule has 2 aliphatic heterocycles. The molecule has 2 unspecified atom stereocenters. The van der Waals surface area contributed by atoms with Crippen LogP contribution in [0.15, 0.2) is 42.5 Å². The molecule has 2 aromatic carbocycles. The molecule has 23 heavy (non-hydrogen) atoms. The van der Waals surface area contributed by atoms with Crippen LogP contribution >= 0.6 is 0 Å². The number of hydrogen-bond acceptors (Lipinski definition) is 1. The van der Waals surface area contributed by atoms with E-state index in [0.29, 0.717) is 5.92 Å². The fraction of sp³-hybridized carbons (Fsp3) is 0.455. The van der Waals surface area contributed by atoms with Crippen molar-refractivity contribution in [1.82, 2.24) is 4.90 Å². The van der Waals surface area contributed by atoms with Crippen molar-refractivity contribution in [1.29, 1.82) is 0 Å². The van der Waals surface area contributed by atoms with Crippen molar-refractivity contribution >= 4 is 0 Å². The number of nitrogens with zero attached hydrogens (tertiary/aromatic N) is 1. The smallest absolute Gasteiger partial charge is 0.0727 e. The molecule has 0 spiro atoms. The van der Waals surface area contributed by atoms with Gasteiger partial charge in [-0.1, -0.05) is 70.2 Å². The van der Waals surface area contributed by atoms with Gasteiger partial charge in [-0.2, -0.15) is 0 Å². The minimum absolute atomic E-state index is 0.0484. The Labute approximate surface area is 140 Å². The van der Waals surface area contributed by atoms with E-state index in [1.54, 1.807) is 5.56 Å². The van der Waals surface area contributed by atoms with E-state index in [9.17, 15) is 0 Å². The number of rotatable bonds is 3. The number of benzene rings is 2. The van der Waals surface area contributed by atoms with Crippen molar-refractivity contribution in [2.45, 2.75) is 57.5 Å². The van der Waals surface area contributed by atoms with Crippen LogP contribution < -0.4 is 0 Å². The molecule has 0 saturated heterocycles. The Kier molecular flexibility index (Phi) is 3.06. The van der Waals surface area contributed by atoms with Crippen LogP contribution in [0.2, 0.25) is 0 Å². The molecule has 0 saturated carbocycles. The first kappa shape index (κ1) is 15.0. The summed E-state index contributed by atoms with van der Waals surface area (Å²) in [6, 6.07) is 16.4. The Morgan fingerprint density at radius 2 is 1.35 bits per heavy atom. The van der Waals surface area contributed by atoms with Crippen LogP contribution in [0.1, 0.15) is 74.3 Å². The highest BCUT2D eigenvalue weighted by molar-refractivity contribution is 5.65. The Morgan fingerprint density at radius 1 is 0.826 bits per heavy atom. The molecule has 0 aromatic heterocycles. The largest absolute Gasteiger partial charge is 0.279 e. The summed E-state index contributed by atoms with van der Waals surface area (Å²) in [6.45, 7) is 9.27. The van der Waals surface area contributed by atoms with Gasteiger partial charge in [0, 0.05) is 0 Å². The minimum Gasteiger partial charge on any atom is -0.279 e. The van der Waals surface area contributed by atoms with Crippen molar-refractivity contribution in [3.63, 3.8) is 0 Å². The first-order chi connectivity index (χ1) is 11.0. The van der Waals surface area contributed by atoms with Gasteiger partial charge in [0.25, 0.3) is 0 Å². The minimum atomic E-state index is 0.0484. The van der Waals surface area contributed by atoms with E-state index in [-0.39, 0.29) is 11.1 Å². The van der Waals surface area contributed by atoms with Crippen molar-refractivity contribution in [2.75, 3.05) is 7.05 Å². The highest BCUT2D eigenvalue weighted by Gasteiger charge is 2.63. The lowest BCUT2D eigenvalue weighted by Gasteiger charge is -2.36. The second kappa shape index (κ2) is 4.70. The molecule has 2 bridgehead atoms. The van der Waals surface area contributed by atoms with Crippen LogP contribution in [0.25, 0.3) is 0 Å². The third-order valence-electron chi connectivity index (χ3n) is 6.59. The summed E-state index contributed by atoms with van der Waals surface area (Å²) in [5.41, 5.74) is 7.70. The van der Waals surface area contributed by atoms with Crippen molar-refractivity contribution in [3.8, 4) is 0 Å². The molecule has 2 heterocycles. The zero-order chi connectivity index (χ0) is 16.4. The molecule has 0 N–H and O–H groups in total. The molecule has 120 valence electrons. The lowest BCUT2D eigenvalue weighted by atomic mass is 9.70. The van der Waals surface area contributed by atoms with Crippen LogP contribution in [-0.2, 0) is 11.1 Å². The summed E-state index contributed by atoms with van der Waals surface area (Å²) >= 11 is 0. The monoisotopic (exact) mass is 305 g/mol. The van der Waals surface area contributed by atoms with E-state index in [2.05, 4.69) is 82.1 Å². The fourth-order valence-corrected chi connectivity index (χ4v) is 5.40. The van der Waals surface area contributed by atoms with Crippen molar-refractivity contribution in [3.05, 3.63) is 70.3 Å². The normalized spacial score (nSPS) is 28.3. The van der Waals surface area contributed by atoms with E-state index in [4.69, 9.17) is 0 Å². The predicted octanol–water partition coefficient (Wildman–Crippen LogP) is 5.38.